The molecule has 2 aromatic rings. The van der Waals surface area contributed by atoms with Gasteiger partial charge in [0.05, 0.1) is 5.56 Å². The summed E-state index contributed by atoms with van der Waals surface area (Å²) in [4.78, 5) is 0. The van der Waals surface area contributed by atoms with Crippen LogP contribution < -0.4 is 5.32 Å². The van der Waals surface area contributed by atoms with Gasteiger partial charge < -0.3 is 5.32 Å². The smallest absolute Gasteiger partial charge is 0.141 e. The van der Waals surface area contributed by atoms with Gasteiger partial charge in [-0.2, -0.15) is 5.26 Å². The van der Waals surface area contributed by atoms with E-state index in [1.165, 1.54) is 28.3 Å². The molecule has 1 atom stereocenters. The van der Waals surface area contributed by atoms with Crippen molar-refractivity contribution in [2.75, 3.05) is 5.32 Å². The SMILES string of the molecule is Cc1cc(C)c(C(C)Nc2ccc(F)c(C#N)c2)c(C)c1. The summed E-state index contributed by atoms with van der Waals surface area (Å²) in [5.41, 5.74) is 5.76. The summed E-state index contributed by atoms with van der Waals surface area (Å²) in [7, 11) is 0. The molecule has 0 aliphatic heterocycles. The summed E-state index contributed by atoms with van der Waals surface area (Å²) < 4.78 is 13.4. The van der Waals surface area contributed by atoms with Crippen LogP contribution in [0.25, 0.3) is 0 Å². The number of hydrogen-bond acceptors (Lipinski definition) is 2. The normalized spacial score (nSPS) is 11.8. The van der Waals surface area contributed by atoms with Crippen molar-refractivity contribution in [1.29, 1.82) is 5.26 Å². The van der Waals surface area contributed by atoms with Crippen LogP contribution in [0, 0.1) is 37.9 Å². The molecule has 108 valence electrons. The summed E-state index contributed by atoms with van der Waals surface area (Å²) in [6.45, 7) is 8.35. The molecule has 2 aromatic carbocycles. The first kappa shape index (κ1) is 15.1. The van der Waals surface area contributed by atoms with Crippen LogP contribution in [0.15, 0.2) is 30.3 Å². The molecule has 2 rings (SSSR count). The Bertz CT molecular complexity index is 691. The Labute approximate surface area is 125 Å². The van der Waals surface area contributed by atoms with E-state index in [0.717, 1.165) is 5.69 Å². The quantitative estimate of drug-likeness (QED) is 0.878. The molecule has 0 bridgehead atoms. The maximum Gasteiger partial charge on any atom is 0.141 e. The molecule has 0 aliphatic carbocycles. The van der Waals surface area contributed by atoms with Crippen LogP contribution in [0.2, 0.25) is 0 Å². The van der Waals surface area contributed by atoms with Gasteiger partial charge in [-0.25, -0.2) is 4.39 Å². The van der Waals surface area contributed by atoms with Crippen LogP contribution >= 0.6 is 0 Å². The summed E-state index contributed by atoms with van der Waals surface area (Å²) >= 11 is 0. The molecule has 21 heavy (non-hydrogen) atoms. The standard InChI is InChI=1S/C18H19FN2/c1-11-7-12(2)18(13(3)8-11)14(4)21-16-5-6-17(19)15(9-16)10-20/h5-9,14,21H,1-4H3. The highest BCUT2D eigenvalue weighted by molar-refractivity contribution is 5.52. The number of nitrogens with one attached hydrogen (secondary N) is 1. The number of hydrogen-bond donors (Lipinski definition) is 1. The first-order chi connectivity index (χ1) is 9.92. The Hall–Kier alpha value is -2.34. The number of benzene rings is 2. The van der Waals surface area contributed by atoms with Gasteiger partial charge in [-0.1, -0.05) is 17.7 Å². The number of aryl methyl sites for hydroxylation is 3. The van der Waals surface area contributed by atoms with E-state index in [1.807, 2.05) is 6.07 Å². The number of anilines is 1. The predicted octanol–water partition coefficient (Wildman–Crippen LogP) is 4.80. The Morgan fingerprint density at radius 2 is 1.71 bits per heavy atom. The number of rotatable bonds is 3. The minimum Gasteiger partial charge on any atom is -0.378 e. The molecule has 0 radical (unpaired) electrons. The molecule has 0 amide bonds. The molecule has 0 saturated heterocycles. The van der Waals surface area contributed by atoms with Crippen molar-refractivity contribution < 1.29 is 4.39 Å². The second kappa shape index (κ2) is 5.97. The third-order valence-corrected chi connectivity index (χ3v) is 3.64. The van der Waals surface area contributed by atoms with E-state index in [0.29, 0.717) is 0 Å². The van der Waals surface area contributed by atoms with Crippen LogP contribution in [-0.4, -0.2) is 0 Å². The van der Waals surface area contributed by atoms with Crippen LogP contribution in [0.5, 0.6) is 0 Å². The van der Waals surface area contributed by atoms with Gasteiger partial charge in [0.1, 0.15) is 11.9 Å². The lowest BCUT2D eigenvalue weighted by Gasteiger charge is -2.21. The van der Waals surface area contributed by atoms with Crippen LogP contribution in [0.1, 0.15) is 40.8 Å². The molecule has 0 aromatic heterocycles. The van der Waals surface area contributed by atoms with Gasteiger partial charge in [-0.05, 0) is 62.6 Å². The maximum absolute atomic E-state index is 13.4. The van der Waals surface area contributed by atoms with Crippen molar-refractivity contribution >= 4 is 5.69 Å². The minimum atomic E-state index is -0.488. The lowest BCUT2D eigenvalue weighted by molar-refractivity contribution is 0.624. The fourth-order valence-electron chi connectivity index (χ4n) is 2.90. The van der Waals surface area contributed by atoms with Gasteiger partial charge in [0.15, 0.2) is 0 Å². The van der Waals surface area contributed by atoms with Crippen LogP contribution in [0.4, 0.5) is 10.1 Å². The van der Waals surface area contributed by atoms with Crippen molar-refractivity contribution in [3.8, 4) is 6.07 Å². The Balaban J connectivity index is 2.31. The van der Waals surface area contributed by atoms with Gasteiger partial charge in [-0.15, -0.1) is 0 Å². The van der Waals surface area contributed by atoms with Gasteiger partial charge >= 0.3 is 0 Å². The average Bonchev–Trinajstić information content (AvgIpc) is 2.39. The molecule has 2 nitrogen and oxygen atoms in total. The van der Waals surface area contributed by atoms with Gasteiger partial charge in [0.25, 0.3) is 0 Å². The third-order valence-electron chi connectivity index (χ3n) is 3.64. The third kappa shape index (κ3) is 3.22. The monoisotopic (exact) mass is 282 g/mol. The van der Waals surface area contributed by atoms with Crippen molar-refractivity contribution in [1.82, 2.24) is 0 Å². The number of nitriles is 1. The highest BCUT2D eigenvalue weighted by Crippen LogP contribution is 2.27. The van der Waals surface area contributed by atoms with Crippen molar-refractivity contribution in [3.63, 3.8) is 0 Å². The number of halogens is 1. The van der Waals surface area contributed by atoms with Gasteiger partial charge in [0.2, 0.25) is 0 Å². The zero-order valence-corrected chi connectivity index (χ0v) is 12.8. The zero-order chi connectivity index (χ0) is 15.6. The van der Waals surface area contributed by atoms with Gasteiger partial charge in [-0.3, -0.25) is 0 Å². The summed E-state index contributed by atoms with van der Waals surface area (Å²) in [6.07, 6.45) is 0. The first-order valence-corrected chi connectivity index (χ1v) is 6.96. The Kier molecular flexibility index (Phi) is 4.28. The van der Waals surface area contributed by atoms with Crippen molar-refractivity contribution in [2.45, 2.75) is 33.7 Å². The van der Waals surface area contributed by atoms with Crippen LogP contribution in [0.3, 0.4) is 0 Å². The van der Waals surface area contributed by atoms with E-state index in [9.17, 15) is 4.39 Å². The molecule has 0 heterocycles. The molecule has 0 spiro atoms. The molecule has 3 heteroatoms. The second-order valence-corrected chi connectivity index (χ2v) is 5.48. The minimum absolute atomic E-state index is 0.0598. The Morgan fingerprint density at radius 1 is 1.10 bits per heavy atom. The molecule has 0 aliphatic rings. The lowest BCUT2D eigenvalue weighted by Crippen LogP contribution is -2.10. The topological polar surface area (TPSA) is 35.8 Å². The molecular formula is C18H19FN2. The molecule has 0 saturated carbocycles. The van der Waals surface area contributed by atoms with Gasteiger partial charge in [0, 0.05) is 11.7 Å². The van der Waals surface area contributed by atoms with Crippen molar-refractivity contribution in [3.05, 3.63) is 64.0 Å². The highest BCUT2D eigenvalue weighted by Gasteiger charge is 2.13. The van der Waals surface area contributed by atoms with E-state index < -0.39 is 5.82 Å². The predicted molar refractivity (Wildman–Crippen MR) is 83.8 cm³/mol. The average molecular weight is 282 g/mol. The number of nitrogens with zero attached hydrogens (tertiary/aromatic N) is 1. The van der Waals surface area contributed by atoms with E-state index >= 15 is 0 Å². The lowest BCUT2D eigenvalue weighted by atomic mass is 9.94. The fourth-order valence-corrected chi connectivity index (χ4v) is 2.90. The largest absolute Gasteiger partial charge is 0.378 e. The van der Waals surface area contributed by atoms with E-state index in [-0.39, 0.29) is 11.6 Å². The van der Waals surface area contributed by atoms with Crippen molar-refractivity contribution in [2.24, 2.45) is 0 Å². The zero-order valence-electron chi connectivity index (χ0n) is 12.8. The van der Waals surface area contributed by atoms with E-state index in [4.69, 9.17) is 5.26 Å². The Morgan fingerprint density at radius 3 is 2.29 bits per heavy atom. The molecule has 0 fully saturated rings. The highest BCUT2D eigenvalue weighted by atomic mass is 19.1. The summed E-state index contributed by atoms with van der Waals surface area (Å²) in [6, 6.07) is 10.8. The molecule has 1 N–H and O–H groups in total. The maximum atomic E-state index is 13.4. The van der Waals surface area contributed by atoms with Crippen LogP contribution in [-0.2, 0) is 0 Å². The first-order valence-electron chi connectivity index (χ1n) is 6.96. The molecule has 1 unspecified atom stereocenters. The summed E-state index contributed by atoms with van der Waals surface area (Å²) in [5.74, 6) is -0.488. The fraction of sp³-hybridized carbons (Fsp3) is 0.278. The van der Waals surface area contributed by atoms with E-state index in [2.05, 4.69) is 45.1 Å². The molecular weight excluding hydrogens is 263 g/mol. The van der Waals surface area contributed by atoms with E-state index in [1.54, 1.807) is 12.1 Å². The summed E-state index contributed by atoms with van der Waals surface area (Å²) in [5, 5.41) is 12.2. The second-order valence-electron chi connectivity index (χ2n) is 5.48.